The molecule has 0 heterocycles. The van der Waals surface area contributed by atoms with E-state index in [-0.39, 0.29) is 19.4 Å². The number of carboxylic acid groups (broad SMARTS) is 1. The number of carbonyl (C=O) groups is 4. The molecule has 3 atom stereocenters. The number of aldehydes is 1. The fraction of sp³-hybridized carbons (Fsp3) is 0.818. The molecule has 46 heavy (non-hydrogen) atoms. The lowest BCUT2D eigenvalue weighted by molar-refractivity contribution is -0.161. The first-order chi connectivity index (χ1) is 22.1. The number of allylic oxidation sites excluding steroid dienone is 2. The summed E-state index contributed by atoms with van der Waals surface area (Å²) >= 11 is 0. The van der Waals surface area contributed by atoms with E-state index in [1.165, 1.54) is 38.5 Å². The number of esters is 2. The summed E-state index contributed by atoms with van der Waals surface area (Å²) in [6.45, 7) is 0.461. The van der Waals surface area contributed by atoms with E-state index in [2.05, 4.69) is 23.6 Å². The highest BCUT2D eigenvalue weighted by atomic mass is 31.2. The third-order valence-electron chi connectivity index (χ3n) is 7.23. The van der Waals surface area contributed by atoms with Gasteiger partial charge in [0.2, 0.25) is 0 Å². The zero-order chi connectivity index (χ0) is 34.3. The number of carboxylic acids is 1. The normalized spacial score (nSPS) is 14.1. The van der Waals surface area contributed by atoms with Crippen LogP contribution in [-0.2, 0) is 42.3 Å². The summed E-state index contributed by atoms with van der Waals surface area (Å²) in [6, 6.07) is -1.53. The topological polar surface area (TPSA) is 189 Å². The molecule has 0 amide bonds. The SMILES string of the molecule is CCCCCCCC/C=C\CCCCCCCC(=O)OC[C@H](COP(=O)(O)OC[C@H](N)C(=O)O)OC(=O)CCCCCCCC=O. The first kappa shape index (κ1) is 43.9. The van der Waals surface area contributed by atoms with Crippen molar-refractivity contribution in [3.8, 4) is 0 Å². The van der Waals surface area contributed by atoms with Crippen molar-refractivity contribution in [1.82, 2.24) is 0 Å². The molecule has 0 aliphatic heterocycles. The maximum Gasteiger partial charge on any atom is 0.472 e. The lowest BCUT2D eigenvalue weighted by atomic mass is 10.1. The number of rotatable bonds is 33. The predicted octanol–water partition coefficient (Wildman–Crippen LogP) is 6.95. The van der Waals surface area contributed by atoms with E-state index in [4.69, 9.17) is 24.8 Å². The number of phosphoric acid groups is 1. The van der Waals surface area contributed by atoms with Crippen molar-refractivity contribution in [3.63, 3.8) is 0 Å². The minimum Gasteiger partial charge on any atom is -0.480 e. The molecule has 0 rings (SSSR count). The maximum atomic E-state index is 12.4. The smallest absolute Gasteiger partial charge is 0.472 e. The third kappa shape index (κ3) is 29.3. The molecule has 0 bridgehead atoms. The fourth-order valence-corrected chi connectivity index (χ4v) is 5.22. The molecule has 0 spiro atoms. The van der Waals surface area contributed by atoms with E-state index in [1.54, 1.807) is 0 Å². The van der Waals surface area contributed by atoms with Gasteiger partial charge in [-0.05, 0) is 44.9 Å². The molecule has 0 radical (unpaired) electrons. The maximum absolute atomic E-state index is 12.4. The number of phosphoric ester groups is 1. The summed E-state index contributed by atoms with van der Waals surface area (Å²) in [6.07, 6.45) is 23.8. The standard InChI is InChI=1S/C33H60NO11P/c1-2-3-4-5-6-7-8-9-10-11-12-13-14-17-20-23-31(36)42-26-29(27-43-46(40,41)44-28-30(34)33(38)39)45-32(37)24-21-18-15-16-19-22-25-35/h9-10,25,29-30H,2-8,11-24,26-28,34H2,1H3,(H,38,39)(H,40,41)/b10-9-/t29-,30+/m1/s1. The van der Waals surface area contributed by atoms with Gasteiger partial charge in [0, 0.05) is 19.3 Å². The van der Waals surface area contributed by atoms with Gasteiger partial charge in [-0.25, -0.2) is 4.57 Å². The second-order valence-electron chi connectivity index (χ2n) is 11.6. The number of aliphatic carboxylic acids is 1. The molecule has 0 aromatic carbocycles. The third-order valence-corrected chi connectivity index (χ3v) is 8.18. The summed E-state index contributed by atoms with van der Waals surface area (Å²) in [7, 11) is -4.72. The van der Waals surface area contributed by atoms with Gasteiger partial charge in [-0.3, -0.25) is 23.4 Å². The van der Waals surface area contributed by atoms with Gasteiger partial charge in [-0.15, -0.1) is 0 Å². The van der Waals surface area contributed by atoms with Gasteiger partial charge in [0.1, 0.15) is 18.9 Å². The summed E-state index contributed by atoms with van der Waals surface area (Å²) < 4.78 is 32.2. The first-order valence-electron chi connectivity index (χ1n) is 17.1. The van der Waals surface area contributed by atoms with E-state index in [9.17, 15) is 28.6 Å². The van der Waals surface area contributed by atoms with Crippen molar-refractivity contribution in [2.45, 2.75) is 154 Å². The average Bonchev–Trinajstić information content (AvgIpc) is 3.02. The van der Waals surface area contributed by atoms with E-state index >= 15 is 0 Å². The van der Waals surface area contributed by atoms with Crippen LogP contribution in [0.25, 0.3) is 0 Å². The lowest BCUT2D eigenvalue weighted by Crippen LogP contribution is -2.34. The van der Waals surface area contributed by atoms with Crippen molar-refractivity contribution in [3.05, 3.63) is 12.2 Å². The molecule has 0 aromatic heterocycles. The van der Waals surface area contributed by atoms with Crippen LogP contribution in [0.3, 0.4) is 0 Å². The monoisotopic (exact) mass is 677 g/mol. The number of ether oxygens (including phenoxy) is 2. The lowest BCUT2D eigenvalue weighted by Gasteiger charge is -2.20. The zero-order valence-electron chi connectivity index (χ0n) is 28.0. The Hall–Kier alpha value is -2.11. The summed E-state index contributed by atoms with van der Waals surface area (Å²) in [5.74, 6) is -2.49. The second kappa shape index (κ2) is 30.2. The Bertz CT molecular complexity index is 884. The van der Waals surface area contributed by atoms with Crippen LogP contribution in [0.2, 0.25) is 0 Å². The molecule has 12 nitrogen and oxygen atoms in total. The molecular weight excluding hydrogens is 617 g/mol. The molecule has 0 aromatic rings. The minimum atomic E-state index is -4.72. The molecule has 1 unspecified atom stereocenters. The summed E-state index contributed by atoms with van der Waals surface area (Å²) in [4.78, 5) is 55.7. The van der Waals surface area contributed by atoms with Gasteiger partial charge in [0.15, 0.2) is 6.10 Å². The Morgan fingerprint density at radius 1 is 0.696 bits per heavy atom. The molecule has 0 aliphatic carbocycles. The van der Waals surface area contributed by atoms with Gasteiger partial charge >= 0.3 is 25.7 Å². The van der Waals surface area contributed by atoms with Gasteiger partial charge in [0.25, 0.3) is 0 Å². The molecule has 0 saturated carbocycles. The molecule has 13 heteroatoms. The van der Waals surface area contributed by atoms with Crippen molar-refractivity contribution in [2.24, 2.45) is 5.73 Å². The number of unbranched alkanes of at least 4 members (excludes halogenated alkanes) is 16. The average molecular weight is 678 g/mol. The largest absolute Gasteiger partial charge is 0.480 e. The minimum absolute atomic E-state index is 0.0911. The van der Waals surface area contributed by atoms with Crippen molar-refractivity contribution < 1.29 is 52.3 Å². The van der Waals surface area contributed by atoms with Gasteiger partial charge in [-0.2, -0.15) is 0 Å². The van der Waals surface area contributed by atoms with E-state index < -0.39 is 51.1 Å². The van der Waals surface area contributed by atoms with Crippen molar-refractivity contribution in [1.29, 1.82) is 0 Å². The van der Waals surface area contributed by atoms with Gasteiger partial charge < -0.3 is 30.0 Å². The molecule has 0 fully saturated rings. The molecular formula is C33H60NO11P. The van der Waals surface area contributed by atoms with Crippen LogP contribution in [0.4, 0.5) is 0 Å². The second-order valence-corrected chi connectivity index (χ2v) is 13.1. The van der Waals surface area contributed by atoms with Crippen molar-refractivity contribution >= 4 is 32.0 Å². The molecule has 4 N–H and O–H groups in total. The van der Waals surface area contributed by atoms with Crippen LogP contribution >= 0.6 is 7.82 Å². The Labute approximate surface area is 275 Å². The predicted molar refractivity (Wildman–Crippen MR) is 176 cm³/mol. The zero-order valence-corrected chi connectivity index (χ0v) is 28.8. The number of hydrogen-bond donors (Lipinski definition) is 3. The Kier molecular flexibility index (Phi) is 28.9. The Morgan fingerprint density at radius 3 is 1.72 bits per heavy atom. The van der Waals surface area contributed by atoms with Crippen LogP contribution in [0, 0.1) is 0 Å². The highest BCUT2D eigenvalue weighted by Crippen LogP contribution is 2.43. The van der Waals surface area contributed by atoms with E-state index in [0.29, 0.717) is 19.3 Å². The molecule has 0 saturated heterocycles. The fourth-order valence-electron chi connectivity index (χ4n) is 4.45. The summed E-state index contributed by atoms with van der Waals surface area (Å²) in [5, 5.41) is 8.80. The van der Waals surface area contributed by atoms with Crippen LogP contribution in [0.1, 0.15) is 142 Å². The van der Waals surface area contributed by atoms with Crippen LogP contribution in [-0.4, -0.2) is 66.2 Å². The quantitative estimate of drug-likeness (QED) is 0.0213. The Balaban J connectivity index is 4.40. The number of hydrogen-bond acceptors (Lipinski definition) is 10. The van der Waals surface area contributed by atoms with Gasteiger partial charge in [0.05, 0.1) is 13.2 Å². The molecule has 0 aliphatic rings. The Morgan fingerprint density at radius 2 is 1.17 bits per heavy atom. The molecule has 268 valence electrons. The van der Waals surface area contributed by atoms with E-state index in [0.717, 1.165) is 70.5 Å². The van der Waals surface area contributed by atoms with Crippen LogP contribution < -0.4 is 5.73 Å². The highest BCUT2D eigenvalue weighted by molar-refractivity contribution is 7.47. The van der Waals surface area contributed by atoms with Crippen molar-refractivity contribution in [2.75, 3.05) is 19.8 Å². The van der Waals surface area contributed by atoms with Gasteiger partial charge in [-0.1, -0.05) is 89.7 Å². The highest BCUT2D eigenvalue weighted by Gasteiger charge is 2.28. The number of carbonyl (C=O) groups excluding carboxylic acids is 3. The first-order valence-corrected chi connectivity index (χ1v) is 18.6. The van der Waals surface area contributed by atoms with Crippen LogP contribution in [0.5, 0.6) is 0 Å². The number of nitrogens with two attached hydrogens (primary N) is 1. The van der Waals surface area contributed by atoms with Crippen LogP contribution in [0.15, 0.2) is 12.2 Å². The van der Waals surface area contributed by atoms with E-state index in [1.807, 2.05) is 0 Å². The summed E-state index contributed by atoms with van der Waals surface area (Å²) in [5.41, 5.74) is 5.28.